The molecule has 1 aromatic rings. The Labute approximate surface area is 106 Å². The lowest BCUT2D eigenvalue weighted by Crippen LogP contribution is -2.24. The summed E-state index contributed by atoms with van der Waals surface area (Å²) in [5.41, 5.74) is 0.0974. The van der Waals surface area contributed by atoms with Gasteiger partial charge in [-0.2, -0.15) is 0 Å². The number of rotatable bonds is 4. The summed E-state index contributed by atoms with van der Waals surface area (Å²) in [5, 5.41) is 10.5. The summed E-state index contributed by atoms with van der Waals surface area (Å²) in [6.45, 7) is 2.08. The highest BCUT2D eigenvalue weighted by molar-refractivity contribution is 5.69. The van der Waals surface area contributed by atoms with Gasteiger partial charge >= 0.3 is 5.97 Å². The molecule has 1 aliphatic rings. The third-order valence-electron chi connectivity index (χ3n) is 3.46. The van der Waals surface area contributed by atoms with E-state index < -0.39 is 5.60 Å². The zero-order valence-electron chi connectivity index (χ0n) is 10.4. The predicted octanol–water partition coefficient (Wildman–Crippen LogP) is 2.30. The van der Waals surface area contributed by atoms with Crippen LogP contribution >= 0.6 is 0 Å². The number of carbonyl (C=O) groups excluding carboxylic acids is 1. The standard InChI is InChI=1S/C14H17FO3/c1-2-18-13(16)7-9-14(17)8-6-10-11(14)4-3-5-12(10)15/h3-5,17H,2,6-9H2,1H3. The van der Waals surface area contributed by atoms with Crippen LogP contribution in [0.15, 0.2) is 18.2 Å². The number of fused-ring (bicyclic) bond motifs is 1. The summed E-state index contributed by atoms with van der Waals surface area (Å²) >= 11 is 0. The molecule has 2 rings (SSSR count). The summed E-state index contributed by atoms with van der Waals surface area (Å²) in [4.78, 5) is 11.3. The van der Waals surface area contributed by atoms with Crippen molar-refractivity contribution in [2.75, 3.05) is 6.61 Å². The lowest BCUT2D eigenvalue weighted by Gasteiger charge is -2.23. The van der Waals surface area contributed by atoms with Crippen LogP contribution in [0.5, 0.6) is 0 Å². The minimum atomic E-state index is -1.09. The highest BCUT2D eigenvalue weighted by Gasteiger charge is 2.38. The highest BCUT2D eigenvalue weighted by atomic mass is 19.1. The highest BCUT2D eigenvalue weighted by Crippen LogP contribution is 2.41. The van der Waals surface area contributed by atoms with E-state index in [9.17, 15) is 14.3 Å². The molecular formula is C14H17FO3. The Kier molecular flexibility index (Phi) is 3.66. The molecule has 1 aromatic carbocycles. The molecule has 1 unspecified atom stereocenters. The molecule has 18 heavy (non-hydrogen) atoms. The van der Waals surface area contributed by atoms with Gasteiger partial charge in [-0.25, -0.2) is 4.39 Å². The van der Waals surface area contributed by atoms with E-state index in [0.29, 0.717) is 30.6 Å². The lowest BCUT2D eigenvalue weighted by molar-refractivity contribution is -0.144. The van der Waals surface area contributed by atoms with Crippen LogP contribution in [0.4, 0.5) is 4.39 Å². The van der Waals surface area contributed by atoms with Crippen molar-refractivity contribution in [1.82, 2.24) is 0 Å². The summed E-state index contributed by atoms with van der Waals surface area (Å²) < 4.78 is 18.4. The first-order valence-corrected chi connectivity index (χ1v) is 6.22. The van der Waals surface area contributed by atoms with Crippen molar-refractivity contribution in [2.24, 2.45) is 0 Å². The molecule has 0 aromatic heterocycles. The molecule has 0 aliphatic heterocycles. The molecule has 0 amide bonds. The van der Waals surface area contributed by atoms with Crippen molar-refractivity contribution in [3.05, 3.63) is 35.1 Å². The van der Waals surface area contributed by atoms with Gasteiger partial charge in [-0.05, 0) is 43.4 Å². The van der Waals surface area contributed by atoms with Crippen LogP contribution in [0.2, 0.25) is 0 Å². The number of esters is 1. The third kappa shape index (κ3) is 2.38. The Morgan fingerprint density at radius 3 is 3.06 bits per heavy atom. The fourth-order valence-corrected chi connectivity index (χ4v) is 2.52. The molecule has 0 bridgehead atoms. The first kappa shape index (κ1) is 13.0. The largest absolute Gasteiger partial charge is 0.466 e. The molecule has 4 heteroatoms. The quantitative estimate of drug-likeness (QED) is 0.836. The van der Waals surface area contributed by atoms with Crippen LogP contribution in [0.25, 0.3) is 0 Å². The van der Waals surface area contributed by atoms with Crippen LogP contribution in [-0.4, -0.2) is 17.7 Å². The number of ether oxygens (including phenoxy) is 1. The van der Waals surface area contributed by atoms with Crippen LogP contribution in [-0.2, 0) is 21.6 Å². The van der Waals surface area contributed by atoms with Gasteiger partial charge in [0.25, 0.3) is 0 Å². The maximum atomic E-state index is 13.6. The SMILES string of the molecule is CCOC(=O)CCC1(O)CCc2c(F)cccc21. The Hall–Kier alpha value is -1.42. The first-order valence-electron chi connectivity index (χ1n) is 6.22. The molecule has 0 spiro atoms. The van der Waals surface area contributed by atoms with Crippen LogP contribution < -0.4 is 0 Å². The van der Waals surface area contributed by atoms with Crippen molar-refractivity contribution in [3.8, 4) is 0 Å². The van der Waals surface area contributed by atoms with Gasteiger partial charge in [0.15, 0.2) is 0 Å². The van der Waals surface area contributed by atoms with E-state index in [-0.39, 0.29) is 24.6 Å². The van der Waals surface area contributed by atoms with Gasteiger partial charge in [0, 0.05) is 6.42 Å². The zero-order valence-corrected chi connectivity index (χ0v) is 10.4. The second-order valence-electron chi connectivity index (χ2n) is 4.60. The molecule has 0 fully saturated rings. The molecule has 3 nitrogen and oxygen atoms in total. The van der Waals surface area contributed by atoms with Crippen molar-refractivity contribution in [2.45, 2.75) is 38.2 Å². The summed E-state index contributed by atoms with van der Waals surface area (Å²) in [5.74, 6) is -0.602. The van der Waals surface area contributed by atoms with Crippen molar-refractivity contribution in [1.29, 1.82) is 0 Å². The summed E-state index contributed by atoms with van der Waals surface area (Å²) in [7, 11) is 0. The van der Waals surface area contributed by atoms with Gasteiger partial charge in [0.1, 0.15) is 5.82 Å². The van der Waals surface area contributed by atoms with Gasteiger partial charge in [-0.15, -0.1) is 0 Å². The monoisotopic (exact) mass is 252 g/mol. The van der Waals surface area contributed by atoms with Gasteiger partial charge < -0.3 is 9.84 Å². The molecule has 1 N–H and O–H groups in total. The topological polar surface area (TPSA) is 46.5 Å². The van der Waals surface area contributed by atoms with E-state index in [2.05, 4.69) is 0 Å². The van der Waals surface area contributed by atoms with E-state index in [1.807, 2.05) is 0 Å². The lowest BCUT2D eigenvalue weighted by atomic mass is 9.91. The van der Waals surface area contributed by atoms with Crippen molar-refractivity contribution >= 4 is 5.97 Å². The van der Waals surface area contributed by atoms with E-state index in [1.165, 1.54) is 6.07 Å². The van der Waals surface area contributed by atoms with Gasteiger partial charge in [-0.1, -0.05) is 12.1 Å². The van der Waals surface area contributed by atoms with Crippen LogP contribution in [0, 0.1) is 5.82 Å². The smallest absolute Gasteiger partial charge is 0.305 e. The minimum absolute atomic E-state index is 0.153. The zero-order chi connectivity index (χ0) is 13.2. The second kappa shape index (κ2) is 5.06. The molecule has 0 saturated heterocycles. The average Bonchev–Trinajstić information content (AvgIpc) is 2.68. The number of carbonyl (C=O) groups is 1. The van der Waals surface area contributed by atoms with Gasteiger partial charge in [0.05, 0.1) is 12.2 Å². The Bertz CT molecular complexity index is 458. The Balaban J connectivity index is 2.11. The van der Waals surface area contributed by atoms with Crippen molar-refractivity contribution < 1.29 is 19.0 Å². The minimum Gasteiger partial charge on any atom is -0.466 e. The number of hydrogen-bond acceptors (Lipinski definition) is 3. The molecular weight excluding hydrogens is 235 g/mol. The fourth-order valence-electron chi connectivity index (χ4n) is 2.52. The maximum Gasteiger partial charge on any atom is 0.305 e. The number of halogens is 1. The molecule has 0 heterocycles. The van der Waals surface area contributed by atoms with E-state index in [4.69, 9.17) is 4.74 Å². The molecule has 0 saturated carbocycles. The summed E-state index contributed by atoms with van der Waals surface area (Å²) in [6, 6.07) is 4.72. The van der Waals surface area contributed by atoms with Crippen LogP contribution in [0.3, 0.4) is 0 Å². The Morgan fingerprint density at radius 1 is 1.56 bits per heavy atom. The normalized spacial score (nSPS) is 21.7. The number of hydrogen-bond donors (Lipinski definition) is 1. The first-order chi connectivity index (χ1) is 8.57. The molecule has 98 valence electrons. The second-order valence-corrected chi connectivity index (χ2v) is 4.60. The van der Waals surface area contributed by atoms with Crippen LogP contribution in [0.1, 0.15) is 37.3 Å². The summed E-state index contributed by atoms with van der Waals surface area (Å²) in [6.07, 6.45) is 1.41. The molecule has 1 atom stereocenters. The third-order valence-corrected chi connectivity index (χ3v) is 3.46. The average molecular weight is 252 g/mol. The van der Waals surface area contributed by atoms with E-state index in [0.717, 1.165) is 0 Å². The van der Waals surface area contributed by atoms with E-state index >= 15 is 0 Å². The van der Waals surface area contributed by atoms with Gasteiger partial charge in [-0.3, -0.25) is 4.79 Å². The molecule has 1 aliphatic carbocycles. The van der Waals surface area contributed by atoms with Gasteiger partial charge in [0.2, 0.25) is 0 Å². The predicted molar refractivity (Wildman–Crippen MR) is 64.5 cm³/mol. The Morgan fingerprint density at radius 2 is 2.33 bits per heavy atom. The number of benzene rings is 1. The number of aliphatic hydroxyl groups is 1. The molecule has 0 radical (unpaired) electrons. The maximum absolute atomic E-state index is 13.6. The van der Waals surface area contributed by atoms with E-state index in [1.54, 1.807) is 19.1 Å². The fraction of sp³-hybridized carbons (Fsp3) is 0.500. The van der Waals surface area contributed by atoms with Crippen molar-refractivity contribution in [3.63, 3.8) is 0 Å².